The van der Waals surface area contributed by atoms with E-state index in [9.17, 15) is 9.59 Å². The van der Waals surface area contributed by atoms with E-state index in [1.165, 1.54) is 22.4 Å². The zero-order valence-corrected chi connectivity index (χ0v) is 18.7. The van der Waals surface area contributed by atoms with E-state index in [-0.39, 0.29) is 11.5 Å². The molecule has 2 aromatic heterocycles. The van der Waals surface area contributed by atoms with Gasteiger partial charge in [0.15, 0.2) is 0 Å². The number of piperidine rings is 1. The second kappa shape index (κ2) is 8.95. The molecule has 2 aliphatic rings. The number of carbonyl (C=O) groups is 1. The van der Waals surface area contributed by atoms with Crippen molar-refractivity contribution < 1.29 is 4.79 Å². The molecule has 3 aromatic rings. The van der Waals surface area contributed by atoms with Crippen molar-refractivity contribution in [2.45, 2.75) is 57.8 Å². The molecule has 162 valence electrons. The summed E-state index contributed by atoms with van der Waals surface area (Å²) >= 11 is 1.66. The van der Waals surface area contributed by atoms with Crippen LogP contribution in [0.15, 0.2) is 35.1 Å². The molecule has 5 rings (SSSR count). The molecule has 0 bridgehead atoms. The SMILES string of the molecule is O=C(CCc1nc2sc3c(c2c(=O)[nH]1)CCCC3)N1CCC(Cc2ccccc2)CC1. The van der Waals surface area contributed by atoms with E-state index in [1.807, 2.05) is 4.90 Å². The van der Waals surface area contributed by atoms with Crippen LogP contribution in [-0.4, -0.2) is 33.9 Å². The minimum atomic E-state index is -0.0337. The Morgan fingerprint density at radius 1 is 1.13 bits per heavy atom. The number of rotatable bonds is 5. The maximum Gasteiger partial charge on any atom is 0.259 e. The van der Waals surface area contributed by atoms with Crippen molar-refractivity contribution in [1.82, 2.24) is 14.9 Å². The van der Waals surface area contributed by atoms with Gasteiger partial charge in [0.05, 0.1) is 5.39 Å². The highest BCUT2D eigenvalue weighted by molar-refractivity contribution is 7.18. The molecular formula is C25H29N3O2S. The monoisotopic (exact) mass is 435 g/mol. The number of carbonyl (C=O) groups excluding carboxylic acids is 1. The summed E-state index contributed by atoms with van der Waals surface area (Å²) in [7, 11) is 0. The van der Waals surface area contributed by atoms with Crippen LogP contribution in [0.1, 0.15) is 53.9 Å². The molecule has 1 aliphatic carbocycles. The van der Waals surface area contributed by atoms with Crippen molar-refractivity contribution in [2.24, 2.45) is 5.92 Å². The average molecular weight is 436 g/mol. The largest absolute Gasteiger partial charge is 0.343 e. The van der Waals surface area contributed by atoms with Gasteiger partial charge in [0.25, 0.3) is 5.56 Å². The Morgan fingerprint density at radius 3 is 2.71 bits per heavy atom. The minimum absolute atomic E-state index is 0.0337. The molecular weight excluding hydrogens is 406 g/mol. The van der Waals surface area contributed by atoms with Crippen LogP contribution in [0, 0.1) is 5.92 Å². The van der Waals surface area contributed by atoms with E-state index in [1.54, 1.807) is 11.3 Å². The van der Waals surface area contributed by atoms with Crippen LogP contribution in [0.5, 0.6) is 0 Å². The zero-order valence-electron chi connectivity index (χ0n) is 17.9. The van der Waals surface area contributed by atoms with Crippen molar-refractivity contribution in [1.29, 1.82) is 0 Å². The van der Waals surface area contributed by atoms with E-state index in [0.29, 0.717) is 24.6 Å². The molecule has 0 saturated carbocycles. The highest BCUT2D eigenvalue weighted by Crippen LogP contribution is 2.33. The molecule has 31 heavy (non-hydrogen) atoms. The molecule has 1 aromatic carbocycles. The van der Waals surface area contributed by atoms with Crippen LogP contribution in [0.4, 0.5) is 0 Å². The Hall–Kier alpha value is -2.47. The fourth-order valence-corrected chi connectivity index (χ4v) is 6.33. The number of benzene rings is 1. The van der Waals surface area contributed by atoms with Crippen molar-refractivity contribution in [3.63, 3.8) is 0 Å². The third-order valence-corrected chi connectivity index (χ3v) is 7.97. The second-order valence-electron chi connectivity index (χ2n) is 8.92. The number of hydrogen-bond acceptors (Lipinski definition) is 4. The highest BCUT2D eigenvalue weighted by Gasteiger charge is 2.24. The van der Waals surface area contributed by atoms with Crippen LogP contribution in [0.25, 0.3) is 10.2 Å². The van der Waals surface area contributed by atoms with Crippen molar-refractivity contribution in [3.05, 3.63) is 62.5 Å². The Morgan fingerprint density at radius 2 is 1.90 bits per heavy atom. The Kier molecular flexibility index (Phi) is 5.90. The maximum absolute atomic E-state index is 12.8. The highest BCUT2D eigenvalue weighted by atomic mass is 32.1. The van der Waals surface area contributed by atoms with Gasteiger partial charge in [-0.25, -0.2) is 4.98 Å². The second-order valence-corrected chi connectivity index (χ2v) is 10.0. The van der Waals surface area contributed by atoms with Crippen molar-refractivity contribution >= 4 is 27.5 Å². The smallest absolute Gasteiger partial charge is 0.259 e. The first-order valence-corrected chi connectivity index (χ1v) is 12.3. The van der Waals surface area contributed by atoms with Crippen molar-refractivity contribution in [2.75, 3.05) is 13.1 Å². The van der Waals surface area contributed by atoms with E-state index >= 15 is 0 Å². The predicted molar refractivity (Wildman–Crippen MR) is 125 cm³/mol. The molecule has 1 aliphatic heterocycles. The Labute approximate surface area is 186 Å². The van der Waals surface area contributed by atoms with Gasteiger partial charge in [-0.1, -0.05) is 30.3 Å². The number of likely N-dealkylation sites (tertiary alicyclic amines) is 1. The Bertz CT molecular complexity index is 1130. The quantitative estimate of drug-likeness (QED) is 0.651. The van der Waals surface area contributed by atoms with Gasteiger partial charge in [0.2, 0.25) is 5.91 Å². The standard InChI is InChI=1S/C25H29N3O2S/c29-22(28-14-12-18(13-15-28)16-17-6-2-1-3-7-17)11-10-21-26-24(30)23-19-8-4-5-9-20(19)31-25(23)27-21/h1-3,6-7,18H,4-5,8-16H2,(H,26,27,30). The van der Waals surface area contributed by atoms with Gasteiger partial charge < -0.3 is 9.88 Å². The minimum Gasteiger partial charge on any atom is -0.343 e. The molecule has 1 saturated heterocycles. The van der Waals surface area contributed by atoms with Gasteiger partial charge in [0.1, 0.15) is 10.7 Å². The molecule has 0 radical (unpaired) electrons. The predicted octanol–water partition coefficient (Wildman–Crippen LogP) is 4.28. The lowest BCUT2D eigenvalue weighted by atomic mass is 9.90. The summed E-state index contributed by atoms with van der Waals surface area (Å²) in [6.45, 7) is 1.66. The van der Waals surface area contributed by atoms with Gasteiger partial charge in [-0.05, 0) is 62.0 Å². The van der Waals surface area contributed by atoms with Crippen molar-refractivity contribution in [3.8, 4) is 0 Å². The summed E-state index contributed by atoms with van der Waals surface area (Å²) in [4.78, 5) is 37.3. The van der Waals surface area contributed by atoms with Crippen LogP contribution < -0.4 is 5.56 Å². The van der Waals surface area contributed by atoms with Crippen LogP contribution in [0.2, 0.25) is 0 Å². The number of nitrogens with one attached hydrogen (secondary N) is 1. The molecule has 1 N–H and O–H groups in total. The average Bonchev–Trinajstić information content (AvgIpc) is 3.17. The summed E-state index contributed by atoms with van der Waals surface area (Å²) in [6.07, 6.45) is 8.50. The maximum atomic E-state index is 12.8. The lowest BCUT2D eigenvalue weighted by Crippen LogP contribution is -2.39. The van der Waals surface area contributed by atoms with Gasteiger partial charge >= 0.3 is 0 Å². The first-order chi connectivity index (χ1) is 15.2. The number of aryl methyl sites for hydroxylation is 3. The normalized spacial score (nSPS) is 17.1. The molecule has 1 amide bonds. The zero-order chi connectivity index (χ0) is 21.2. The van der Waals surface area contributed by atoms with Gasteiger partial charge in [-0.3, -0.25) is 9.59 Å². The molecule has 6 heteroatoms. The molecule has 3 heterocycles. The Balaban J connectivity index is 1.17. The lowest BCUT2D eigenvalue weighted by Gasteiger charge is -2.32. The number of nitrogens with zero attached hydrogens (tertiary/aromatic N) is 2. The van der Waals surface area contributed by atoms with Crippen LogP contribution >= 0.6 is 11.3 Å². The summed E-state index contributed by atoms with van der Waals surface area (Å²) in [5.74, 6) is 1.46. The summed E-state index contributed by atoms with van der Waals surface area (Å²) in [6, 6.07) is 10.6. The molecule has 0 unspecified atom stereocenters. The number of aromatic nitrogens is 2. The lowest BCUT2D eigenvalue weighted by molar-refractivity contribution is -0.132. The van der Waals surface area contributed by atoms with E-state index in [0.717, 1.165) is 61.8 Å². The number of fused-ring (bicyclic) bond motifs is 3. The topological polar surface area (TPSA) is 66.1 Å². The van der Waals surface area contributed by atoms with Gasteiger partial charge in [-0.2, -0.15) is 0 Å². The third kappa shape index (κ3) is 4.45. The van der Waals surface area contributed by atoms with E-state index in [2.05, 4.69) is 35.3 Å². The summed E-state index contributed by atoms with van der Waals surface area (Å²) < 4.78 is 0. The number of H-pyrrole nitrogens is 1. The van der Waals surface area contributed by atoms with E-state index in [4.69, 9.17) is 4.98 Å². The van der Waals surface area contributed by atoms with Crippen LogP contribution in [0.3, 0.4) is 0 Å². The number of aromatic amines is 1. The number of hydrogen-bond donors (Lipinski definition) is 1. The van der Waals surface area contributed by atoms with Gasteiger partial charge in [-0.15, -0.1) is 11.3 Å². The number of amides is 1. The van der Waals surface area contributed by atoms with E-state index < -0.39 is 0 Å². The molecule has 0 spiro atoms. The summed E-state index contributed by atoms with van der Waals surface area (Å²) in [5, 5.41) is 0.787. The molecule has 5 nitrogen and oxygen atoms in total. The fraction of sp³-hybridized carbons (Fsp3) is 0.480. The first-order valence-electron chi connectivity index (χ1n) is 11.5. The first kappa shape index (κ1) is 20.4. The van der Waals surface area contributed by atoms with Gasteiger partial charge in [0, 0.05) is 30.8 Å². The van der Waals surface area contributed by atoms with Crippen LogP contribution in [-0.2, 0) is 30.5 Å². The molecule has 0 atom stereocenters. The summed E-state index contributed by atoms with van der Waals surface area (Å²) in [5.41, 5.74) is 2.56. The third-order valence-electron chi connectivity index (χ3n) is 6.78. The fourth-order valence-electron chi connectivity index (χ4n) is 5.04. The molecule has 1 fully saturated rings. The number of thiophene rings is 1.